The van der Waals surface area contributed by atoms with Gasteiger partial charge in [0.2, 0.25) is 11.8 Å². The van der Waals surface area contributed by atoms with E-state index in [1.54, 1.807) is 43.3 Å². The van der Waals surface area contributed by atoms with Crippen molar-refractivity contribution >= 4 is 62.3 Å². The quantitative estimate of drug-likeness (QED) is 0.267. The van der Waals surface area contributed by atoms with Crippen molar-refractivity contribution in [3.05, 3.63) is 92.4 Å². The third-order valence-corrected chi connectivity index (χ3v) is 9.31. The maximum absolute atomic E-state index is 14.0. The van der Waals surface area contributed by atoms with E-state index in [0.717, 1.165) is 15.4 Å². The van der Waals surface area contributed by atoms with Crippen molar-refractivity contribution in [1.82, 2.24) is 10.2 Å². The molecule has 0 aromatic heterocycles. The fourth-order valence-corrected chi connectivity index (χ4v) is 6.02. The van der Waals surface area contributed by atoms with Gasteiger partial charge in [-0.25, -0.2) is 8.42 Å². The molecule has 0 aliphatic heterocycles. The first-order valence-electron chi connectivity index (χ1n) is 12.7. The number of hydrogen-bond donors (Lipinski definition) is 1. The van der Waals surface area contributed by atoms with Gasteiger partial charge < -0.3 is 10.2 Å². The van der Waals surface area contributed by atoms with Gasteiger partial charge in [0.15, 0.2) is 0 Å². The molecule has 214 valence electrons. The van der Waals surface area contributed by atoms with E-state index in [4.69, 9.17) is 34.8 Å². The molecule has 0 aliphatic carbocycles. The van der Waals surface area contributed by atoms with Crippen molar-refractivity contribution in [2.24, 2.45) is 0 Å². The van der Waals surface area contributed by atoms with Crippen LogP contribution in [0.3, 0.4) is 0 Å². The van der Waals surface area contributed by atoms with Gasteiger partial charge in [-0.15, -0.1) is 0 Å². The van der Waals surface area contributed by atoms with Crippen molar-refractivity contribution in [1.29, 1.82) is 0 Å². The molecule has 11 heteroatoms. The zero-order chi connectivity index (χ0) is 29.6. The van der Waals surface area contributed by atoms with E-state index in [-0.39, 0.29) is 17.3 Å². The highest BCUT2D eigenvalue weighted by Gasteiger charge is 2.33. The zero-order valence-corrected chi connectivity index (χ0v) is 25.8. The Labute approximate surface area is 251 Å². The highest BCUT2D eigenvalue weighted by Crippen LogP contribution is 2.29. The summed E-state index contributed by atoms with van der Waals surface area (Å²) in [7, 11) is -4.20. The Morgan fingerprint density at radius 3 is 2.12 bits per heavy atom. The molecule has 0 aliphatic rings. The summed E-state index contributed by atoms with van der Waals surface area (Å²) in [5.41, 5.74) is 2.58. The number of halogens is 3. The highest BCUT2D eigenvalue weighted by atomic mass is 35.5. The number of hydrogen-bond acceptors (Lipinski definition) is 4. The lowest BCUT2D eigenvalue weighted by atomic mass is 10.1. The summed E-state index contributed by atoms with van der Waals surface area (Å²) in [6.45, 7) is 7.04. The number of amides is 2. The second-order valence-corrected chi connectivity index (χ2v) is 12.5. The predicted octanol–water partition coefficient (Wildman–Crippen LogP) is 6.40. The van der Waals surface area contributed by atoms with Crippen molar-refractivity contribution in [3.63, 3.8) is 0 Å². The van der Waals surface area contributed by atoms with Crippen LogP contribution < -0.4 is 9.62 Å². The first-order chi connectivity index (χ1) is 18.9. The molecule has 3 rings (SSSR count). The number of sulfonamides is 1. The molecule has 3 aromatic carbocycles. The van der Waals surface area contributed by atoms with Crippen LogP contribution in [-0.2, 0) is 26.2 Å². The van der Waals surface area contributed by atoms with Crippen molar-refractivity contribution < 1.29 is 18.0 Å². The van der Waals surface area contributed by atoms with Crippen LogP contribution >= 0.6 is 34.8 Å². The van der Waals surface area contributed by atoms with E-state index in [9.17, 15) is 18.0 Å². The molecule has 1 N–H and O–H groups in total. The summed E-state index contributed by atoms with van der Waals surface area (Å²) in [6, 6.07) is 14.9. The second kappa shape index (κ2) is 13.7. The van der Waals surface area contributed by atoms with Crippen LogP contribution in [0.2, 0.25) is 15.1 Å². The molecule has 1 atom stereocenters. The molecule has 0 heterocycles. The van der Waals surface area contributed by atoms with Crippen LogP contribution in [0.25, 0.3) is 0 Å². The molecule has 0 saturated carbocycles. The molecule has 2 amide bonds. The van der Waals surface area contributed by atoms with Gasteiger partial charge in [-0.05, 0) is 86.8 Å². The SMILES string of the molecule is CCCNC(=O)C(C)N(Cc1c(Cl)cccc1Cl)C(=O)CN(c1ccc(C)c(C)c1)S(=O)(=O)c1ccc(Cl)cc1. The summed E-state index contributed by atoms with van der Waals surface area (Å²) in [5, 5.41) is 3.83. The van der Waals surface area contributed by atoms with Crippen molar-refractivity contribution in [3.8, 4) is 0 Å². The first kappa shape index (κ1) is 31.7. The van der Waals surface area contributed by atoms with Crippen molar-refractivity contribution in [2.45, 2.75) is 51.6 Å². The molecule has 1 unspecified atom stereocenters. The summed E-state index contributed by atoms with van der Waals surface area (Å²) in [6.07, 6.45) is 0.711. The Bertz CT molecular complexity index is 1460. The third-order valence-electron chi connectivity index (χ3n) is 6.57. The summed E-state index contributed by atoms with van der Waals surface area (Å²) in [4.78, 5) is 28.2. The van der Waals surface area contributed by atoms with E-state index in [2.05, 4.69) is 5.32 Å². The van der Waals surface area contributed by atoms with Gasteiger partial charge in [0.05, 0.1) is 10.6 Å². The monoisotopic (exact) mass is 623 g/mol. The largest absolute Gasteiger partial charge is 0.354 e. The number of nitrogens with zero attached hydrogens (tertiary/aromatic N) is 2. The minimum atomic E-state index is -4.20. The van der Waals surface area contributed by atoms with Crippen LogP contribution in [0.5, 0.6) is 0 Å². The molecule has 40 heavy (non-hydrogen) atoms. The molecule has 3 aromatic rings. The zero-order valence-electron chi connectivity index (χ0n) is 22.7. The molecule has 0 radical (unpaired) electrons. The first-order valence-corrected chi connectivity index (χ1v) is 15.3. The normalized spacial score (nSPS) is 12.1. The molecule has 0 bridgehead atoms. The minimum absolute atomic E-state index is 0.0302. The fraction of sp³-hybridized carbons (Fsp3) is 0.310. The summed E-state index contributed by atoms with van der Waals surface area (Å²) < 4.78 is 28.8. The molecular formula is C29H32Cl3N3O4S. The van der Waals surface area contributed by atoms with E-state index in [1.165, 1.54) is 29.2 Å². The average molecular weight is 625 g/mol. The number of carbonyl (C=O) groups excluding carboxylic acids is 2. The predicted molar refractivity (Wildman–Crippen MR) is 162 cm³/mol. The van der Waals surface area contributed by atoms with Gasteiger partial charge in [0, 0.05) is 33.7 Å². The average Bonchev–Trinajstić information content (AvgIpc) is 2.91. The van der Waals surface area contributed by atoms with E-state index in [0.29, 0.717) is 39.3 Å². The molecule has 0 fully saturated rings. The Kier molecular flexibility index (Phi) is 10.9. The Morgan fingerprint density at radius 2 is 1.55 bits per heavy atom. The van der Waals surface area contributed by atoms with Gasteiger partial charge in [-0.3, -0.25) is 13.9 Å². The van der Waals surface area contributed by atoms with Crippen LogP contribution in [0.4, 0.5) is 5.69 Å². The lowest BCUT2D eigenvalue weighted by Gasteiger charge is -2.32. The molecular weight excluding hydrogens is 593 g/mol. The maximum atomic E-state index is 14.0. The lowest BCUT2D eigenvalue weighted by molar-refractivity contribution is -0.139. The van der Waals surface area contributed by atoms with Gasteiger partial charge in [0.1, 0.15) is 12.6 Å². The van der Waals surface area contributed by atoms with Gasteiger partial charge >= 0.3 is 0 Å². The number of rotatable bonds is 11. The Balaban J connectivity index is 2.08. The smallest absolute Gasteiger partial charge is 0.264 e. The van der Waals surface area contributed by atoms with E-state index >= 15 is 0 Å². The van der Waals surface area contributed by atoms with Crippen LogP contribution in [0.1, 0.15) is 37.0 Å². The highest BCUT2D eigenvalue weighted by molar-refractivity contribution is 7.92. The minimum Gasteiger partial charge on any atom is -0.354 e. The molecule has 0 saturated heterocycles. The van der Waals surface area contributed by atoms with Crippen LogP contribution in [0.15, 0.2) is 65.6 Å². The van der Waals surface area contributed by atoms with Gasteiger partial charge in [-0.2, -0.15) is 0 Å². The Morgan fingerprint density at radius 1 is 0.925 bits per heavy atom. The third kappa shape index (κ3) is 7.49. The number of anilines is 1. The summed E-state index contributed by atoms with van der Waals surface area (Å²) in [5.74, 6) is -0.984. The molecule has 0 spiro atoms. The second-order valence-electron chi connectivity index (χ2n) is 9.42. The summed E-state index contributed by atoms with van der Waals surface area (Å²) >= 11 is 18.8. The van der Waals surface area contributed by atoms with E-state index in [1.807, 2.05) is 20.8 Å². The van der Waals surface area contributed by atoms with Gasteiger partial charge in [-0.1, -0.05) is 53.9 Å². The van der Waals surface area contributed by atoms with E-state index < -0.39 is 28.5 Å². The topological polar surface area (TPSA) is 86.8 Å². The van der Waals surface area contributed by atoms with Crippen LogP contribution in [0, 0.1) is 13.8 Å². The standard InChI is InChI=1S/C29H32Cl3N3O4S/c1-5-15-33-29(37)21(4)34(17-25-26(31)7-6-8-27(25)32)28(36)18-35(23-12-9-19(2)20(3)16-23)40(38,39)24-13-10-22(30)11-14-24/h6-14,16,21H,5,15,17-18H2,1-4H3,(H,33,37). The fourth-order valence-electron chi connectivity index (χ4n) is 3.98. The van der Waals surface area contributed by atoms with Crippen LogP contribution in [-0.4, -0.2) is 44.3 Å². The Hall–Kier alpha value is -2.78. The number of nitrogens with one attached hydrogen (secondary N) is 1. The van der Waals surface area contributed by atoms with Crippen molar-refractivity contribution in [2.75, 3.05) is 17.4 Å². The number of benzene rings is 3. The molecule has 7 nitrogen and oxygen atoms in total. The lowest BCUT2D eigenvalue weighted by Crippen LogP contribution is -2.51. The number of carbonyl (C=O) groups is 2. The maximum Gasteiger partial charge on any atom is 0.264 e. The van der Waals surface area contributed by atoms with Gasteiger partial charge in [0.25, 0.3) is 10.0 Å². The number of aryl methyl sites for hydroxylation is 2.